The van der Waals surface area contributed by atoms with Crippen LogP contribution in [0.4, 0.5) is 0 Å². The second-order valence-corrected chi connectivity index (χ2v) is 17.0. The van der Waals surface area contributed by atoms with Gasteiger partial charge in [0.2, 0.25) is 10.0 Å². The molecule has 4 aromatic rings. The molecule has 2 aromatic heterocycles. The summed E-state index contributed by atoms with van der Waals surface area (Å²) >= 11 is 0. The summed E-state index contributed by atoms with van der Waals surface area (Å²) in [6.07, 6.45) is 13.8. The SMILES string of the molecule is COc1ccc2c(c1)C=C(c1c(C(=O)N3[C@H]4CC[C@@H]3CC4)cnn1C)Cn1c-2c(C2CCCCC2)c2ccc(C(=O)NS(=O)(=O)C(C)C)cc21. The molecule has 10 nitrogen and oxygen atoms in total. The number of sulfonamides is 1. The Bertz CT molecular complexity index is 2150. The zero-order chi connectivity index (χ0) is 34.9. The van der Waals surface area contributed by atoms with E-state index in [1.54, 1.807) is 33.2 Å². The molecule has 0 atom stereocenters. The van der Waals surface area contributed by atoms with Crippen LogP contribution in [0.3, 0.4) is 0 Å². The van der Waals surface area contributed by atoms with E-state index in [4.69, 9.17) is 4.74 Å². The van der Waals surface area contributed by atoms with Crippen molar-refractivity contribution >= 4 is 44.4 Å². The van der Waals surface area contributed by atoms with Crippen LogP contribution in [0.15, 0.2) is 42.6 Å². The van der Waals surface area contributed by atoms with Gasteiger partial charge in [0, 0.05) is 41.2 Å². The highest BCUT2D eigenvalue weighted by Gasteiger charge is 2.43. The van der Waals surface area contributed by atoms with Gasteiger partial charge in [0.1, 0.15) is 5.75 Å². The van der Waals surface area contributed by atoms with Crippen LogP contribution in [0, 0.1) is 0 Å². The van der Waals surface area contributed by atoms with E-state index in [1.165, 1.54) is 12.0 Å². The topological polar surface area (TPSA) is 116 Å². The van der Waals surface area contributed by atoms with Crippen molar-refractivity contribution in [2.24, 2.45) is 7.05 Å². The second-order valence-electron chi connectivity index (χ2n) is 14.8. The molecule has 11 heteroatoms. The first-order chi connectivity index (χ1) is 24.1. The second kappa shape index (κ2) is 12.4. The smallest absolute Gasteiger partial charge is 0.264 e. The molecule has 4 aliphatic rings. The molecule has 2 saturated heterocycles. The summed E-state index contributed by atoms with van der Waals surface area (Å²) in [5.41, 5.74) is 7.85. The Morgan fingerprint density at radius 2 is 1.66 bits per heavy atom. The molecule has 262 valence electrons. The van der Waals surface area contributed by atoms with E-state index in [0.29, 0.717) is 18.0 Å². The van der Waals surface area contributed by atoms with E-state index in [0.717, 1.165) is 96.1 Å². The fourth-order valence-corrected chi connectivity index (χ4v) is 9.60. The largest absolute Gasteiger partial charge is 0.497 e. The number of nitrogens with one attached hydrogen (secondary N) is 1. The number of allylic oxidation sites excluding steroid dienone is 1. The van der Waals surface area contributed by atoms with Crippen molar-refractivity contribution in [3.05, 3.63) is 70.5 Å². The molecule has 2 aromatic carbocycles. The lowest BCUT2D eigenvalue weighted by Crippen LogP contribution is -2.35. The van der Waals surface area contributed by atoms with Gasteiger partial charge in [-0.25, -0.2) is 13.1 Å². The lowest BCUT2D eigenvalue weighted by atomic mass is 9.81. The van der Waals surface area contributed by atoms with Crippen molar-refractivity contribution in [2.45, 2.75) is 101 Å². The van der Waals surface area contributed by atoms with Crippen molar-refractivity contribution in [1.29, 1.82) is 0 Å². The Labute approximate surface area is 293 Å². The Balaban J connectivity index is 1.34. The summed E-state index contributed by atoms with van der Waals surface area (Å²) in [5, 5.41) is 4.96. The molecule has 1 aliphatic carbocycles. The predicted molar refractivity (Wildman–Crippen MR) is 195 cm³/mol. The number of aryl methyl sites for hydroxylation is 1. The summed E-state index contributed by atoms with van der Waals surface area (Å²) in [6.45, 7) is 3.53. The van der Waals surface area contributed by atoms with Gasteiger partial charge in [-0.3, -0.25) is 14.3 Å². The van der Waals surface area contributed by atoms with Crippen molar-refractivity contribution in [3.63, 3.8) is 0 Å². The number of rotatable bonds is 7. The number of ether oxygens (including phenoxy) is 1. The quantitative estimate of drug-likeness (QED) is 0.225. The van der Waals surface area contributed by atoms with Gasteiger partial charge in [-0.15, -0.1) is 0 Å². The number of hydrogen-bond donors (Lipinski definition) is 1. The van der Waals surface area contributed by atoms with Crippen LogP contribution in [0.5, 0.6) is 5.75 Å². The van der Waals surface area contributed by atoms with E-state index < -0.39 is 21.2 Å². The number of methoxy groups -OCH3 is 1. The first kappa shape index (κ1) is 32.8. The van der Waals surface area contributed by atoms with Gasteiger partial charge in [0.15, 0.2) is 0 Å². The minimum Gasteiger partial charge on any atom is -0.497 e. The summed E-state index contributed by atoms with van der Waals surface area (Å²) < 4.78 is 37.5. The van der Waals surface area contributed by atoms with E-state index >= 15 is 0 Å². The number of nitrogens with zero attached hydrogens (tertiary/aromatic N) is 4. The Kier molecular flexibility index (Phi) is 8.16. The average Bonchev–Trinajstić information content (AvgIpc) is 3.87. The van der Waals surface area contributed by atoms with Crippen LogP contribution in [0.25, 0.3) is 33.8 Å². The lowest BCUT2D eigenvalue weighted by Gasteiger charge is -2.24. The van der Waals surface area contributed by atoms with Crippen LogP contribution >= 0.6 is 0 Å². The molecule has 3 fully saturated rings. The first-order valence-electron chi connectivity index (χ1n) is 18.0. The fraction of sp³-hybridized carbons (Fsp3) is 0.462. The van der Waals surface area contributed by atoms with Gasteiger partial charge in [-0.1, -0.05) is 25.3 Å². The molecular weight excluding hydrogens is 651 g/mol. The molecule has 1 N–H and O–H groups in total. The van der Waals surface area contributed by atoms with E-state index in [1.807, 2.05) is 29.9 Å². The number of benzene rings is 2. The van der Waals surface area contributed by atoms with Gasteiger partial charge in [-0.2, -0.15) is 5.10 Å². The van der Waals surface area contributed by atoms with Gasteiger partial charge < -0.3 is 14.2 Å². The molecule has 2 bridgehead atoms. The normalized spacial score (nSPS) is 20.5. The van der Waals surface area contributed by atoms with E-state index in [-0.39, 0.29) is 23.6 Å². The average molecular weight is 696 g/mol. The molecule has 5 heterocycles. The molecule has 0 radical (unpaired) electrons. The maximum atomic E-state index is 14.3. The van der Waals surface area contributed by atoms with Gasteiger partial charge in [0.05, 0.1) is 42.1 Å². The van der Waals surface area contributed by atoms with E-state index in [9.17, 15) is 18.0 Å². The van der Waals surface area contributed by atoms with Crippen LogP contribution in [0.2, 0.25) is 0 Å². The molecule has 50 heavy (non-hydrogen) atoms. The van der Waals surface area contributed by atoms with Crippen LogP contribution in [-0.2, 0) is 23.6 Å². The number of amides is 2. The third kappa shape index (κ3) is 5.36. The highest BCUT2D eigenvalue weighted by molar-refractivity contribution is 7.90. The van der Waals surface area contributed by atoms with Crippen LogP contribution < -0.4 is 9.46 Å². The first-order valence-corrected chi connectivity index (χ1v) is 19.6. The van der Waals surface area contributed by atoms with Crippen LogP contribution in [0.1, 0.15) is 115 Å². The maximum Gasteiger partial charge on any atom is 0.264 e. The fourth-order valence-electron chi connectivity index (χ4n) is 8.99. The minimum atomic E-state index is -3.82. The molecule has 2 amide bonds. The molecular formula is C39H45N5O5S. The van der Waals surface area contributed by atoms with E-state index in [2.05, 4.69) is 37.5 Å². The number of carbonyl (C=O) groups is 2. The summed E-state index contributed by atoms with van der Waals surface area (Å²) in [6, 6.07) is 12.3. The zero-order valence-corrected chi connectivity index (χ0v) is 30.1. The third-order valence-electron chi connectivity index (χ3n) is 11.6. The maximum absolute atomic E-state index is 14.3. The Hall–Kier alpha value is -4.38. The van der Waals surface area contributed by atoms with Gasteiger partial charge >= 0.3 is 0 Å². The Morgan fingerprint density at radius 1 is 0.940 bits per heavy atom. The highest BCUT2D eigenvalue weighted by atomic mass is 32.2. The molecule has 3 aliphatic heterocycles. The lowest BCUT2D eigenvalue weighted by molar-refractivity contribution is 0.0729. The summed E-state index contributed by atoms with van der Waals surface area (Å²) in [5.74, 6) is 0.465. The highest BCUT2D eigenvalue weighted by Crippen LogP contribution is 2.48. The molecule has 1 saturated carbocycles. The number of fused-ring (bicyclic) bond motifs is 7. The Morgan fingerprint density at radius 3 is 2.34 bits per heavy atom. The van der Waals surface area contributed by atoms with Gasteiger partial charge in [0.25, 0.3) is 11.8 Å². The predicted octanol–water partition coefficient (Wildman–Crippen LogP) is 6.89. The third-order valence-corrected chi connectivity index (χ3v) is 13.3. The summed E-state index contributed by atoms with van der Waals surface area (Å²) in [7, 11) is -0.260. The molecule has 8 rings (SSSR count). The van der Waals surface area contributed by atoms with Crippen LogP contribution in [-0.4, -0.2) is 63.9 Å². The molecule has 0 unspecified atom stereocenters. The van der Waals surface area contributed by atoms with Crippen molar-refractivity contribution < 1.29 is 22.7 Å². The zero-order valence-electron chi connectivity index (χ0n) is 29.2. The van der Waals surface area contributed by atoms with Crippen molar-refractivity contribution in [3.8, 4) is 17.0 Å². The van der Waals surface area contributed by atoms with Crippen molar-refractivity contribution in [1.82, 2.24) is 24.0 Å². The number of aromatic nitrogens is 3. The standard InChI is InChI=1S/C39H45N5O5S/c1-23(2)50(47,48)41-38(45)25-10-16-32-34(20-25)43-22-27(36-33(21-40-42(36)3)39(46)44-28-11-12-29(44)14-13-28)18-26-19-30(49-4)15-17-31(26)37(43)35(32)24-8-6-5-7-9-24/h10,15-21,23-24,28-29H,5-9,11-14,22H2,1-4H3,(H,41,45)/t28-,29+. The number of hydrogen-bond acceptors (Lipinski definition) is 6. The number of carbonyl (C=O) groups excluding carboxylic acids is 2. The minimum absolute atomic E-state index is 0.0416. The van der Waals surface area contributed by atoms with Crippen molar-refractivity contribution in [2.75, 3.05) is 7.11 Å². The summed E-state index contributed by atoms with van der Waals surface area (Å²) in [4.78, 5) is 29.8. The van der Waals surface area contributed by atoms with Gasteiger partial charge in [-0.05, 0) is 111 Å². The molecule has 0 spiro atoms. The monoisotopic (exact) mass is 695 g/mol.